The molecule has 0 aliphatic carbocycles. The minimum atomic E-state index is -3.66. The summed E-state index contributed by atoms with van der Waals surface area (Å²) in [6.45, 7) is 2.75. The third kappa shape index (κ3) is 8.67. The van der Waals surface area contributed by atoms with Crippen molar-refractivity contribution in [2.75, 3.05) is 51.9 Å². The predicted octanol–water partition coefficient (Wildman–Crippen LogP) is 0.896. The SMILES string of the molecule is COC(=O)CC1(CS(=O)(=O)c2ccc(O)cc2)CN(C(C)=O)C1.COC(=O)CC1(CS(=O)(=O)c2ccc(O)cc2)CNC1. The highest BCUT2D eigenvalue weighted by molar-refractivity contribution is 7.91. The van der Waals surface area contributed by atoms with E-state index in [1.165, 1.54) is 74.6 Å². The lowest BCUT2D eigenvalue weighted by molar-refractivity contribution is -0.152. The number of aromatic hydroxyl groups is 2. The van der Waals surface area contributed by atoms with Crippen molar-refractivity contribution in [3.05, 3.63) is 48.5 Å². The van der Waals surface area contributed by atoms with Crippen LogP contribution in [-0.2, 0) is 43.5 Å². The highest BCUT2D eigenvalue weighted by Gasteiger charge is 2.49. The van der Waals surface area contributed by atoms with Crippen LogP contribution in [0.3, 0.4) is 0 Å². The van der Waals surface area contributed by atoms with Crippen LogP contribution in [-0.4, -0.2) is 102 Å². The maximum atomic E-state index is 12.6. The van der Waals surface area contributed by atoms with E-state index in [0.717, 1.165) is 0 Å². The molecule has 4 rings (SSSR count). The fraction of sp³-hybridized carbons (Fsp3) is 0.464. The Morgan fingerprint density at radius 2 is 1.12 bits per heavy atom. The molecule has 0 atom stereocenters. The highest BCUT2D eigenvalue weighted by Crippen LogP contribution is 2.38. The Balaban J connectivity index is 0.000000238. The minimum absolute atomic E-state index is 0.0125. The van der Waals surface area contributed by atoms with Gasteiger partial charge in [0, 0.05) is 43.9 Å². The average Bonchev–Trinajstić information content (AvgIpc) is 2.90. The molecule has 0 radical (unpaired) electrons. The van der Waals surface area contributed by atoms with Crippen molar-refractivity contribution in [3.8, 4) is 11.5 Å². The molecule has 13 nitrogen and oxygen atoms in total. The molecular formula is C28H36N2O11S2. The van der Waals surface area contributed by atoms with Gasteiger partial charge in [0.15, 0.2) is 19.7 Å². The van der Waals surface area contributed by atoms with Crippen molar-refractivity contribution in [1.82, 2.24) is 10.2 Å². The van der Waals surface area contributed by atoms with Gasteiger partial charge in [0.1, 0.15) is 11.5 Å². The lowest BCUT2D eigenvalue weighted by Gasteiger charge is -2.49. The number of carbonyl (C=O) groups excluding carboxylic acids is 3. The Hall–Kier alpha value is -3.69. The van der Waals surface area contributed by atoms with Crippen molar-refractivity contribution in [2.24, 2.45) is 10.8 Å². The van der Waals surface area contributed by atoms with Crippen LogP contribution in [0.1, 0.15) is 19.8 Å². The number of hydrogen-bond donors (Lipinski definition) is 3. The van der Waals surface area contributed by atoms with E-state index in [2.05, 4.69) is 14.8 Å². The van der Waals surface area contributed by atoms with Gasteiger partial charge < -0.3 is 29.9 Å². The smallest absolute Gasteiger partial charge is 0.306 e. The summed E-state index contributed by atoms with van der Waals surface area (Å²) >= 11 is 0. The van der Waals surface area contributed by atoms with Crippen molar-refractivity contribution >= 4 is 37.5 Å². The first-order valence-electron chi connectivity index (χ1n) is 13.2. The number of nitrogens with zero attached hydrogens (tertiary/aromatic N) is 1. The van der Waals surface area contributed by atoms with Crippen LogP contribution in [0.4, 0.5) is 0 Å². The van der Waals surface area contributed by atoms with Gasteiger partial charge in [-0.2, -0.15) is 0 Å². The number of amides is 1. The molecule has 3 N–H and O–H groups in total. The zero-order chi connectivity index (χ0) is 32.1. The van der Waals surface area contributed by atoms with Crippen LogP contribution in [0.15, 0.2) is 58.3 Å². The van der Waals surface area contributed by atoms with E-state index < -0.39 is 42.4 Å². The van der Waals surface area contributed by atoms with E-state index in [-0.39, 0.29) is 64.6 Å². The monoisotopic (exact) mass is 640 g/mol. The molecule has 2 aromatic rings. The lowest BCUT2D eigenvalue weighted by Crippen LogP contribution is -2.61. The third-order valence-corrected chi connectivity index (χ3v) is 11.3. The first kappa shape index (κ1) is 33.8. The zero-order valence-electron chi connectivity index (χ0n) is 24.1. The fourth-order valence-electron chi connectivity index (χ4n) is 5.03. The standard InChI is InChI=1S/C15H19NO6S.C13H17NO5S/c1-11(17)16-8-15(9-16,7-14(19)22-2)10-23(20,21)13-5-3-12(18)4-6-13;1-19-12(16)6-13(7-14-8-13)9-20(17,18)11-4-2-10(15)3-5-11/h3-6,18H,7-10H2,1-2H3;2-5,14-15H,6-9H2,1H3. The molecule has 0 bridgehead atoms. The van der Waals surface area contributed by atoms with Gasteiger partial charge in [0.05, 0.1) is 48.4 Å². The Morgan fingerprint density at radius 1 is 0.744 bits per heavy atom. The molecule has 2 heterocycles. The number of sulfone groups is 2. The summed E-state index contributed by atoms with van der Waals surface area (Å²) in [5, 5.41) is 21.5. The zero-order valence-corrected chi connectivity index (χ0v) is 25.7. The minimum Gasteiger partial charge on any atom is -0.508 e. The highest BCUT2D eigenvalue weighted by atomic mass is 32.2. The van der Waals surface area contributed by atoms with E-state index in [0.29, 0.717) is 13.1 Å². The largest absolute Gasteiger partial charge is 0.508 e. The van der Waals surface area contributed by atoms with Crippen LogP contribution < -0.4 is 5.32 Å². The number of esters is 2. The Labute approximate surface area is 250 Å². The molecule has 2 fully saturated rings. The summed E-state index contributed by atoms with van der Waals surface area (Å²) in [6.07, 6.45) is 0.0123. The van der Waals surface area contributed by atoms with E-state index in [1.807, 2.05) is 0 Å². The maximum Gasteiger partial charge on any atom is 0.306 e. The molecule has 0 spiro atoms. The molecule has 2 aliphatic rings. The molecule has 1 amide bonds. The van der Waals surface area contributed by atoms with E-state index in [1.54, 1.807) is 0 Å². The molecule has 2 aliphatic heterocycles. The predicted molar refractivity (Wildman–Crippen MR) is 154 cm³/mol. The second kappa shape index (κ2) is 13.3. The van der Waals surface area contributed by atoms with Crippen LogP contribution in [0, 0.1) is 10.8 Å². The number of rotatable bonds is 10. The van der Waals surface area contributed by atoms with Gasteiger partial charge in [-0.15, -0.1) is 0 Å². The number of ether oxygens (including phenoxy) is 2. The summed E-state index contributed by atoms with van der Waals surface area (Å²) in [5.41, 5.74) is -1.45. The topological polar surface area (TPSA) is 194 Å². The fourth-order valence-corrected chi connectivity index (χ4v) is 8.67. The molecule has 0 aromatic heterocycles. The van der Waals surface area contributed by atoms with Gasteiger partial charge in [0.2, 0.25) is 5.91 Å². The first-order chi connectivity index (χ1) is 20.0. The lowest BCUT2D eigenvalue weighted by atomic mass is 9.78. The molecule has 43 heavy (non-hydrogen) atoms. The summed E-state index contributed by atoms with van der Waals surface area (Å²) in [4.78, 5) is 36.1. The molecule has 0 unspecified atom stereocenters. The van der Waals surface area contributed by atoms with Crippen molar-refractivity contribution < 1.29 is 50.9 Å². The maximum absolute atomic E-state index is 12.6. The number of benzene rings is 2. The molecule has 0 saturated carbocycles. The summed E-state index contributed by atoms with van der Waals surface area (Å²) < 4.78 is 59.1. The van der Waals surface area contributed by atoms with Crippen molar-refractivity contribution in [1.29, 1.82) is 0 Å². The number of hydrogen-bond acceptors (Lipinski definition) is 12. The van der Waals surface area contributed by atoms with Crippen LogP contribution >= 0.6 is 0 Å². The van der Waals surface area contributed by atoms with Gasteiger partial charge in [-0.1, -0.05) is 0 Å². The third-order valence-electron chi connectivity index (χ3n) is 7.38. The van der Waals surface area contributed by atoms with Gasteiger partial charge in [-0.3, -0.25) is 14.4 Å². The number of methoxy groups -OCH3 is 2. The quantitative estimate of drug-likeness (QED) is 0.311. The number of nitrogens with one attached hydrogen (secondary N) is 1. The summed E-state index contributed by atoms with van der Waals surface area (Å²) in [6, 6.07) is 10.6. The van der Waals surface area contributed by atoms with Crippen LogP contribution in [0.25, 0.3) is 0 Å². The Kier molecular flexibility index (Phi) is 10.5. The van der Waals surface area contributed by atoms with Crippen molar-refractivity contribution in [2.45, 2.75) is 29.6 Å². The molecular weight excluding hydrogens is 604 g/mol. The molecule has 2 aromatic carbocycles. The van der Waals surface area contributed by atoms with E-state index >= 15 is 0 Å². The van der Waals surface area contributed by atoms with E-state index in [4.69, 9.17) is 0 Å². The molecule has 236 valence electrons. The summed E-state index contributed by atoms with van der Waals surface area (Å²) in [5.74, 6) is -1.47. The first-order valence-corrected chi connectivity index (χ1v) is 16.5. The van der Waals surface area contributed by atoms with Gasteiger partial charge in [-0.05, 0) is 48.5 Å². The number of likely N-dealkylation sites (tertiary alicyclic amines) is 1. The van der Waals surface area contributed by atoms with Crippen LogP contribution in [0.5, 0.6) is 11.5 Å². The molecule has 2 saturated heterocycles. The normalized spacial score (nSPS) is 16.9. The van der Waals surface area contributed by atoms with Crippen LogP contribution in [0.2, 0.25) is 0 Å². The number of carbonyl (C=O) groups is 3. The Bertz CT molecular complexity index is 1530. The number of phenols is 2. The van der Waals surface area contributed by atoms with E-state index in [9.17, 15) is 41.4 Å². The van der Waals surface area contributed by atoms with Gasteiger partial charge in [-0.25, -0.2) is 16.8 Å². The second-order valence-electron chi connectivity index (χ2n) is 11.0. The Morgan fingerprint density at radius 3 is 1.44 bits per heavy atom. The summed E-state index contributed by atoms with van der Waals surface area (Å²) in [7, 11) is -4.63. The van der Waals surface area contributed by atoms with Crippen molar-refractivity contribution in [3.63, 3.8) is 0 Å². The second-order valence-corrected chi connectivity index (χ2v) is 15.0. The molecule has 15 heteroatoms. The number of phenolic OH excluding ortho intramolecular Hbond substituents is 2. The van der Waals surface area contributed by atoms with Gasteiger partial charge >= 0.3 is 11.9 Å². The van der Waals surface area contributed by atoms with Gasteiger partial charge in [0.25, 0.3) is 0 Å². The average molecular weight is 641 g/mol.